The number of thiazole rings is 1. The zero-order valence-electron chi connectivity index (χ0n) is 15.1. The highest BCUT2D eigenvalue weighted by Crippen LogP contribution is 2.33. The van der Waals surface area contributed by atoms with Gasteiger partial charge in [-0.3, -0.25) is 10.1 Å². The van der Waals surface area contributed by atoms with Crippen LogP contribution >= 0.6 is 23.7 Å². The van der Waals surface area contributed by atoms with Crippen molar-refractivity contribution >= 4 is 34.8 Å². The van der Waals surface area contributed by atoms with E-state index >= 15 is 0 Å². The molecule has 2 heterocycles. The van der Waals surface area contributed by atoms with Crippen LogP contribution in [-0.2, 0) is 9.53 Å². The van der Waals surface area contributed by atoms with Gasteiger partial charge in [0.05, 0.1) is 12.8 Å². The third-order valence-electron chi connectivity index (χ3n) is 4.57. The van der Waals surface area contributed by atoms with Crippen molar-refractivity contribution in [3.8, 4) is 17.0 Å². The Morgan fingerprint density at radius 2 is 2.04 bits per heavy atom. The fourth-order valence-corrected chi connectivity index (χ4v) is 3.75. The molecule has 0 spiro atoms. The van der Waals surface area contributed by atoms with E-state index in [1.807, 2.05) is 30.5 Å². The molecule has 0 unspecified atom stereocenters. The molecule has 2 N–H and O–H groups in total. The van der Waals surface area contributed by atoms with E-state index in [0.717, 1.165) is 35.7 Å². The lowest BCUT2D eigenvalue weighted by atomic mass is 9.91. The van der Waals surface area contributed by atoms with Crippen LogP contribution in [0.15, 0.2) is 23.6 Å². The van der Waals surface area contributed by atoms with Crippen molar-refractivity contribution in [1.82, 2.24) is 10.3 Å². The smallest absolute Gasteiger partial charge is 0.258 e. The maximum Gasteiger partial charge on any atom is 0.258 e. The normalized spacial score (nSPS) is 15.8. The summed E-state index contributed by atoms with van der Waals surface area (Å²) in [4.78, 5) is 17.3. The first-order valence-electron chi connectivity index (χ1n) is 8.26. The Hall–Kier alpha value is -1.67. The van der Waals surface area contributed by atoms with Gasteiger partial charge in [-0.15, -0.1) is 23.7 Å². The summed E-state index contributed by atoms with van der Waals surface area (Å²) in [6.45, 7) is 3.56. The number of nitrogens with one attached hydrogen (secondary N) is 2. The maximum absolute atomic E-state index is 12.7. The Morgan fingerprint density at radius 1 is 1.31 bits per heavy atom. The van der Waals surface area contributed by atoms with Gasteiger partial charge in [0.25, 0.3) is 5.91 Å². The number of amides is 1. The zero-order chi connectivity index (χ0) is 17.9. The number of piperidine rings is 1. The summed E-state index contributed by atoms with van der Waals surface area (Å²) >= 11 is 1.40. The highest BCUT2D eigenvalue weighted by atomic mass is 35.5. The SMILES string of the molecule is COc1ccc(C)cc1-c1csc(NC(=O)C2(OC)CCNCC2)n1.Cl. The van der Waals surface area contributed by atoms with Gasteiger partial charge in [-0.05, 0) is 45.0 Å². The van der Waals surface area contributed by atoms with Gasteiger partial charge in [0.2, 0.25) is 0 Å². The van der Waals surface area contributed by atoms with E-state index in [9.17, 15) is 4.79 Å². The van der Waals surface area contributed by atoms with Gasteiger partial charge in [-0.2, -0.15) is 0 Å². The first-order chi connectivity index (χ1) is 12.1. The number of carbonyl (C=O) groups excluding carboxylic acids is 1. The largest absolute Gasteiger partial charge is 0.496 e. The van der Waals surface area contributed by atoms with Crippen molar-refractivity contribution in [1.29, 1.82) is 0 Å². The minimum atomic E-state index is -0.780. The number of anilines is 1. The number of carbonyl (C=O) groups is 1. The summed E-state index contributed by atoms with van der Waals surface area (Å²) < 4.78 is 11.0. The first-order valence-corrected chi connectivity index (χ1v) is 9.14. The number of hydrogen-bond donors (Lipinski definition) is 2. The lowest BCUT2D eigenvalue weighted by Gasteiger charge is -2.34. The highest BCUT2D eigenvalue weighted by molar-refractivity contribution is 7.14. The molecular weight excluding hydrogens is 374 g/mol. The first kappa shape index (κ1) is 20.6. The molecule has 0 saturated carbocycles. The van der Waals surface area contributed by atoms with Gasteiger partial charge < -0.3 is 14.8 Å². The minimum Gasteiger partial charge on any atom is -0.496 e. The van der Waals surface area contributed by atoms with Crippen LogP contribution in [0, 0.1) is 6.92 Å². The van der Waals surface area contributed by atoms with Crippen LogP contribution in [0.1, 0.15) is 18.4 Å². The minimum absolute atomic E-state index is 0. The summed E-state index contributed by atoms with van der Waals surface area (Å²) in [5.74, 6) is 0.633. The Balaban J connectivity index is 0.00000243. The van der Waals surface area contributed by atoms with Crippen molar-refractivity contribution < 1.29 is 14.3 Å². The Kier molecular flexibility index (Phi) is 7.00. The fourth-order valence-electron chi connectivity index (χ4n) is 3.04. The van der Waals surface area contributed by atoms with Crippen LogP contribution in [0.2, 0.25) is 0 Å². The molecule has 1 aromatic carbocycles. The van der Waals surface area contributed by atoms with Gasteiger partial charge in [0.1, 0.15) is 11.4 Å². The van der Waals surface area contributed by atoms with Crippen LogP contribution < -0.4 is 15.4 Å². The van der Waals surface area contributed by atoms with E-state index < -0.39 is 5.60 Å². The van der Waals surface area contributed by atoms with Gasteiger partial charge in [-0.25, -0.2) is 4.98 Å². The van der Waals surface area contributed by atoms with Gasteiger partial charge in [0, 0.05) is 18.1 Å². The molecule has 0 atom stereocenters. The number of hydrogen-bond acceptors (Lipinski definition) is 6. The summed E-state index contributed by atoms with van der Waals surface area (Å²) in [6.07, 6.45) is 1.30. The monoisotopic (exact) mass is 397 g/mol. The lowest BCUT2D eigenvalue weighted by molar-refractivity contribution is -0.140. The second-order valence-electron chi connectivity index (χ2n) is 6.14. The van der Waals surface area contributed by atoms with Crippen LogP contribution in [0.4, 0.5) is 5.13 Å². The van der Waals surface area contributed by atoms with E-state index in [2.05, 4.69) is 15.6 Å². The number of halogens is 1. The zero-order valence-corrected chi connectivity index (χ0v) is 16.8. The highest BCUT2D eigenvalue weighted by Gasteiger charge is 2.40. The molecule has 1 fully saturated rings. The summed E-state index contributed by atoms with van der Waals surface area (Å²) in [7, 11) is 3.23. The Bertz CT molecular complexity index is 760. The van der Waals surface area contributed by atoms with Crippen LogP contribution in [0.3, 0.4) is 0 Å². The molecule has 1 amide bonds. The molecule has 8 heteroatoms. The predicted octanol–water partition coefficient (Wildman–Crippen LogP) is 3.26. The van der Waals surface area contributed by atoms with Crippen molar-refractivity contribution in [2.45, 2.75) is 25.4 Å². The molecule has 1 aliphatic heterocycles. The van der Waals surface area contributed by atoms with Crippen molar-refractivity contribution in [2.24, 2.45) is 0 Å². The molecule has 6 nitrogen and oxygen atoms in total. The Morgan fingerprint density at radius 3 is 2.69 bits per heavy atom. The third-order valence-corrected chi connectivity index (χ3v) is 5.33. The van der Waals surface area contributed by atoms with E-state index in [1.165, 1.54) is 11.3 Å². The number of aryl methyl sites for hydroxylation is 1. The van der Waals surface area contributed by atoms with Crippen LogP contribution in [0.25, 0.3) is 11.3 Å². The molecular formula is C18H24ClN3O3S. The molecule has 26 heavy (non-hydrogen) atoms. The topological polar surface area (TPSA) is 72.5 Å². The van der Waals surface area contributed by atoms with E-state index in [4.69, 9.17) is 9.47 Å². The standard InChI is InChI=1S/C18H23N3O3S.ClH/c1-12-4-5-15(23-2)13(10-12)14-11-25-17(20-14)21-16(22)18(24-3)6-8-19-9-7-18;/h4-5,10-11,19H,6-9H2,1-3H3,(H,20,21,22);1H. The third kappa shape index (κ3) is 4.17. The predicted molar refractivity (Wildman–Crippen MR) is 107 cm³/mol. The number of methoxy groups -OCH3 is 2. The summed E-state index contributed by atoms with van der Waals surface area (Å²) in [5.41, 5.74) is 2.06. The van der Waals surface area contributed by atoms with Gasteiger partial charge in [-0.1, -0.05) is 11.6 Å². The van der Waals surface area contributed by atoms with Gasteiger partial charge >= 0.3 is 0 Å². The second-order valence-corrected chi connectivity index (χ2v) is 7.00. The average molecular weight is 398 g/mol. The fraction of sp³-hybridized carbons (Fsp3) is 0.444. The maximum atomic E-state index is 12.7. The number of benzene rings is 1. The lowest BCUT2D eigenvalue weighted by Crippen LogP contribution is -2.51. The Labute approximate surface area is 163 Å². The average Bonchev–Trinajstić information content (AvgIpc) is 3.10. The number of ether oxygens (including phenoxy) is 2. The molecule has 3 rings (SSSR count). The number of nitrogens with zero attached hydrogens (tertiary/aromatic N) is 1. The van der Waals surface area contributed by atoms with Crippen molar-refractivity contribution in [2.75, 3.05) is 32.6 Å². The van der Waals surface area contributed by atoms with E-state index in [1.54, 1.807) is 14.2 Å². The van der Waals surface area contributed by atoms with Crippen molar-refractivity contribution in [3.05, 3.63) is 29.1 Å². The molecule has 0 radical (unpaired) electrons. The van der Waals surface area contributed by atoms with Crippen LogP contribution in [0.5, 0.6) is 5.75 Å². The molecule has 0 bridgehead atoms. The number of rotatable bonds is 5. The second kappa shape index (κ2) is 8.81. The van der Waals surface area contributed by atoms with E-state index in [0.29, 0.717) is 18.0 Å². The quantitative estimate of drug-likeness (QED) is 0.810. The van der Waals surface area contributed by atoms with Crippen LogP contribution in [-0.4, -0.2) is 43.8 Å². The molecule has 1 aromatic heterocycles. The number of aromatic nitrogens is 1. The summed E-state index contributed by atoms with van der Waals surface area (Å²) in [5, 5.41) is 8.66. The van der Waals surface area contributed by atoms with E-state index in [-0.39, 0.29) is 18.3 Å². The molecule has 2 aromatic rings. The molecule has 142 valence electrons. The molecule has 1 aliphatic rings. The van der Waals surface area contributed by atoms with Gasteiger partial charge in [0.15, 0.2) is 5.13 Å². The van der Waals surface area contributed by atoms with Crippen molar-refractivity contribution in [3.63, 3.8) is 0 Å². The molecule has 1 saturated heterocycles. The molecule has 0 aliphatic carbocycles. The summed E-state index contributed by atoms with van der Waals surface area (Å²) in [6, 6.07) is 5.96.